The summed E-state index contributed by atoms with van der Waals surface area (Å²) in [5.41, 5.74) is 2.06. The molecular weight excluding hydrogens is 292 g/mol. The first-order chi connectivity index (χ1) is 11.0. The molecule has 2 aromatic rings. The Labute approximate surface area is 134 Å². The minimum absolute atomic E-state index is 0.0363. The lowest BCUT2D eigenvalue weighted by atomic mass is 10.1. The number of rotatable bonds is 4. The number of hydrogen-bond acceptors (Lipinski definition) is 3. The zero-order chi connectivity index (χ0) is 16.8. The van der Waals surface area contributed by atoms with Crippen molar-refractivity contribution in [3.05, 3.63) is 65.4 Å². The second-order valence-electron chi connectivity index (χ2n) is 5.12. The maximum atomic E-state index is 12.4. The van der Waals surface area contributed by atoms with E-state index in [1.54, 1.807) is 18.2 Å². The Balaban J connectivity index is 2.28. The zero-order valence-corrected chi connectivity index (χ0v) is 13.0. The fourth-order valence-corrected chi connectivity index (χ4v) is 2.00. The summed E-state index contributed by atoms with van der Waals surface area (Å²) < 4.78 is 0. The molecule has 0 atom stereocenters. The molecule has 2 rings (SSSR count). The minimum atomic E-state index is -0.509. The van der Waals surface area contributed by atoms with Crippen LogP contribution in [0.1, 0.15) is 18.1 Å². The number of aryl methyl sites for hydroxylation is 1. The maximum Gasteiger partial charge on any atom is 0.272 e. The number of carbonyl (C=O) groups is 2. The van der Waals surface area contributed by atoms with Crippen LogP contribution in [0.3, 0.4) is 0 Å². The van der Waals surface area contributed by atoms with Crippen molar-refractivity contribution in [2.75, 3.05) is 5.32 Å². The number of phenolic OH excluding ortho intramolecular Hbond substituents is 1. The van der Waals surface area contributed by atoms with Crippen LogP contribution in [-0.4, -0.2) is 16.9 Å². The van der Waals surface area contributed by atoms with Gasteiger partial charge in [-0.05, 0) is 36.3 Å². The van der Waals surface area contributed by atoms with Crippen LogP contribution < -0.4 is 10.6 Å². The molecule has 0 fully saturated rings. The first-order valence-electron chi connectivity index (χ1n) is 7.11. The molecule has 0 unspecified atom stereocenters. The highest BCUT2D eigenvalue weighted by Gasteiger charge is 2.13. The summed E-state index contributed by atoms with van der Waals surface area (Å²) in [7, 11) is 0. The van der Waals surface area contributed by atoms with Gasteiger partial charge in [-0.15, -0.1) is 0 Å². The van der Waals surface area contributed by atoms with Crippen LogP contribution in [-0.2, 0) is 9.59 Å². The molecule has 3 N–H and O–H groups in total. The third-order valence-electron chi connectivity index (χ3n) is 3.07. The summed E-state index contributed by atoms with van der Waals surface area (Å²) in [6, 6.07) is 14.1. The molecule has 23 heavy (non-hydrogen) atoms. The van der Waals surface area contributed by atoms with Crippen LogP contribution in [0, 0.1) is 6.92 Å². The van der Waals surface area contributed by atoms with E-state index in [1.807, 2.05) is 37.3 Å². The number of hydrogen-bond donors (Lipinski definition) is 3. The van der Waals surface area contributed by atoms with Crippen LogP contribution in [0.25, 0.3) is 6.08 Å². The summed E-state index contributed by atoms with van der Waals surface area (Å²) in [5.74, 6) is -0.897. The molecule has 0 radical (unpaired) electrons. The van der Waals surface area contributed by atoms with E-state index in [0.29, 0.717) is 5.69 Å². The molecule has 0 spiro atoms. The molecule has 0 aliphatic rings. The van der Waals surface area contributed by atoms with Crippen molar-refractivity contribution in [2.24, 2.45) is 0 Å². The molecule has 0 bridgehead atoms. The molecule has 5 heteroatoms. The summed E-state index contributed by atoms with van der Waals surface area (Å²) in [6.45, 7) is 3.18. The zero-order valence-electron chi connectivity index (χ0n) is 13.0. The number of anilines is 1. The lowest BCUT2D eigenvalue weighted by molar-refractivity contribution is -0.120. The van der Waals surface area contributed by atoms with Gasteiger partial charge in [0.1, 0.15) is 11.4 Å². The molecule has 0 aliphatic carbocycles. The normalized spacial score (nSPS) is 11.0. The van der Waals surface area contributed by atoms with E-state index < -0.39 is 5.91 Å². The Morgan fingerprint density at radius 2 is 1.78 bits per heavy atom. The molecule has 0 saturated heterocycles. The molecule has 0 heterocycles. The van der Waals surface area contributed by atoms with E-state index in [4.69, 9.17) is 0 Å². The number of phenols is 1. The largest absolute Gasteiger partial charge is 0.506 e. The average Bonchev–Trinajstić information content (AvgIpc) is 2.51. The number of amides is 2. The van der Waals surface area contributed by atoms with Gasteiger partial charge in [0.25, 0.3) is 5.91 Å². The number of nitrogens with one attached hydrogen (secondary N) is 2. The van der Waals surface area contributed by atoms with E-state index >= 15 is 0 Å². The summed E-state index contributed by atoms with van der Waals surface area (Å²) in [4.78, 5) is 23.8. The number of aromatic hydroxyl groups is 1. The van der Waals surface area contributed by atoms with Gasteiger partial charge in [-0.2, -0.15) is 0 Å². The van der Waals surface area contributed by atoms with E-state index in [-0.39, 0.29) is 17.4 Å². The third-order valence-corrected chi connectivity index (χ3v) is 3.07. The van der Waals surface area contributed by atoms with Crippen molar-refractivity contribution in [1.82, 2.24) is 5.32 Å². The molecule has 118 valence electrons. The second kappa shape index (κ2) is 7.26. The fraction of sp³-hybridized carbons (Fsp3) is 0.111. The van der Waals surface area contributed by atoms with E-state index in [0.717, 1.165) is 11.1 Å². The summed E-state index contributed by atoms with van der Waals surface area (Å²) in [5, 5.41) is 14.9. The van der Waals surface area contributed by atoms with Crippen molar-refractivity contribution in [3.63, 3.8) is 0 Å². The van der Waals surface area contributed by atoms with Crippen LogP contribution in [0.4, 0.5) is 5.69 Å². The smallest absolute Gasteiger partial charge is 0.272 e. The fourth-order valence-electron chi connectivity index (χ4n) is 2.00. The van der Waals surface area contributed by atoms with E-state index in [2.05, 4.69) is 10.6 Å². The average molecular weight is 310 g/mol. The molecular formula is C18H18N2O3. The van der Waals surface area contributed by atoms with Gasteiger partial charge in [0.05, 0.1) is 5.69 Å². The SMILES string of the molecule is CC(=O)NC(=Cc1ccccc1)C(=O)Nc1cc(C)ccc1O. The van der Waals surface area contributed by atoms with Crippen molar-refractivity contribution in [1.29, 1.82) is 0 Å². The Morgan fingerprint density at radius 3 is 2.43 bits per heavy atom. The molecule has 5 nitrogen and oxygen atoms in total. The predicted molar refractivity (Wildman–Crippen MR) is 89.7 cm³/mol. The molecule has 0 aromatic heterocycles. The van der Waals surface area contributed by atoms with Crippen LogP contribution >= 0.6 is 0 Å². The van der Waals surface area contributed by atoms with Crippen molar-refractivity contribution < 1.29 is 14.7 Å². The van der Waals surface area contributed by atoms with Crippen LogP contribution in [0.15, 0.2) is 54.2 Å². The summed E-state index contributed by atoms with van der Waals surface area (Å²) >= 11 is 0. The molecule has 0 saturated carbocycles. The topological polar surface area (TPSA) is 78.4 Å². The lowest BCUT2D eigenvalue weighted by Crippen LogP contribution is -2.29. The quantitative estimate of drug-likeness (QED) is 0.600. The van der Waals surface area contributed by atoms with Crippen LogP contribution in [0.5, 0.6) is 5.75 Å². The van der Waals surface area contributed by atoms with Gasteiger partial charge >= 0.3 is 0 Å². The Bertz CT molecular complexity index is 752. The Kier molecular flexibility index (Phi) is 5.15. The molecule has 2 amide bonds. The highest BCUT2D eigenvalue weighted by Crippen LogP contribution is 2.24. The van der Waals surface area contributed by atoms with Crippen molar-refractivity contribution in [3.8, 4) is 5.75 Å². The van der Waals surface area contributed by atoms with Gasteiger partial charge in [-0.25, -0.2) is 0 Å². The first kappa shape index (κ1) is 16.3. The van der Waals surface area contributed by atoms with Gasteiger partial charge in [-0.3, -0.25) is 9.59 Å². The standard InChI is InChI=1S/C18H18N2O3/c1-12-8-9-17(22)15(10-12)20-18(23)16(19-13(2)21)11-14-6-4-3-5-7-14/h3-11,22H,1-2H3,(H,19,21)(H,20,23). The molecule has 2 aromatic carbocycles. The van der Waals surface area contributed by atoms with Crippen molar-refractivity contribution >= 4 is 23.6 Å². The monoisotopic (exact) mass is 310 g/mol. The van der Waals surface area contributed by atoms with Gasteiger partial charge < -0.3 is 15.7 Å². The van der Waals surface area contributed by atoms with Gasteiger partial charge in [0, 0.05) is 6.92 Å². The molecule has 0 aliphatic heterocycles. The van der Waals surface area contributed by atoms with E-state index in [1.165, 1.54) is 13.0 Å². The van der Waals surface area contributed by atoms with Crippen molar-refractivity contribution in [2.45, 2.75) is 13.8 Å². The third kappa shape index (κ3) is 4.71. The highest BCUT2D eigenvalue weighted by molar-refractivity contribution is 6.09. The maximum absolute atomic E-state index is 12.4. The summed E-state index contributed by atoms with van der Waals surface area (Å²) in [6.07, 6.45) is 1.57. The highest BCUT2D eigenvalue weighted by atomic mass is 16.3. The lowest BCUT2D eigenvalue weighted by Gasteiger charge is -2.11. The number of benzene rings is 2. The van der Waals surface area contributed by atoms with Crippen LogP contribution in [0.2, 0.25) is 0 Å². The minimum Gasteiger partial charge on any atom is -0.506 e. The van der Waals surface area contributed by atoms with Gasteiger partial charge in [-0.1, -0.05) is 36.4 Å². The number of carbonyl (C=O) groups excluding carboxylic acids is 2. The Hall–Kier alpha value is -3.08. The van der Waals surface area contributed by atoms with Gasteiger partial charge in [0.15, 0.2) is 0 Å². The van der Waals surface area contributed by atoms with E-state index in [9.17, 15) is 14.7 Å². The van der Waals surface area contributed by atoms with Gasteiger partial charge in [0.2, 0.25) is 5.91 Å². The second-order valence-corrected chi connectivity index (χ2v) is 5.12. The first-order valence-corrected chi connectivity index (χ1v) is 7.11. The Morgan fingerprint density at radius 1 is 1.09 bits per heavy atom. The predicted octanol–water partition coefficient (Wildman–Crippen LogP) is 2.82.